The number of rotatable bonds is 6. The van der Waals surface area contributed by atoms with E-state index in [1.807, 2.05) is 30.3 Å². The highest BCUT2D eigenvalue weighted by Crippen LogP contribution is 2.05. The molecule has 0 heterocycles. The number of hydrogen-bond donors (Lipinski definition) is 0. The van der Waals surface area contributed by atoms with Gasteiger partial charge in [0.15, 0.2) is 12.2 Å². The monoisotopic (exact) mass is 294 g/mol. The van der Waals surface area contributed by atoms with E-state index < -0.39 is 30.1 Å². The molecule has 1 aromatic carbocycles. The summed E-state index contributed by atoms with van der Waals surface area (Å²) >= 11 is 0. The van der Waals surface area contributed by atoms with Gasteiger partial charge in [-0.25, -0.2) is 9.59 Å². The van der Waals surface area contributed by atoms with Crippen LogP contribution in [0, 0.1) is 0 Å². The zero-order chi connectivity index (χ0) is 15.8. The first kappa shape index (κ1) is 16.7. The molecular weight excluding hydrogens is 276 g/mol. The molecule has 0 N–H and O–H groups in total. The van der Waals surface area contributed by atoms with E-state index in [0.717, 1.165) is 5.56 Å². The summed E-state index contributed by atoms with van der Waals surface area (Å²) in [6.45, 7) is 4.04. The maximum atomic E-state index is 11.7. The summed E-state index contributed by atoms with van der Waals surface area (Å²) in [7, 11) is 0. The fraction of sp³-hybridized carbons (Fsp3) is 0.400. The van der Waals surface area contributed by atoms with Crippen molar-refractivity contribution in [2.45, 2.75) is 39.6 Å². The molecule has 0 saturated carbocycles. The van der Waals surface area contributed by atoms with E-state index in [2.05, 4.69) is 4.74 Å². The molecule has 0 aliphatic rings. The van der Waals surface area contributed by atoms with Gasteiger partial charge < -0.3 is 14.2 Å². The Kier molecular flexibility index (Phi) is 6.39. The maximum absolute atomic E-state index is 11.7. The third-order valence-corrected chi connectivity index (χ3v) is 2.52. The molecule has 0 bridgehead atoms. The lowest BCUT2D eigenvalue weighted by Crippen LogP contribution is -2.32. The second-order valence-electron chi connectivity index (χ2n) is 4.42. The van der Waals surface area contributed by atoms with E-state index in [-0.39, 0.29) is 6.61 Å². The minimum atomic E-state index is -1.07. The molecule has 0 fully saturated rings. The van der Waals surface area contributed by atoms with E-state index >= 15 is 0 Å². The van der Waals surface area contributed by atoms with Crippen LogP contribution in [0.25, 0.3) is 0 Å². The number of benzene rings is 1. The van der Waals surface area contributed by atoms with Crippen molar-refractivity contribution in [1.82, 2.24) is 0 Å². The van der Waals surface area contributed by atoms with Crippen LogP contribution >= 0.6 is 0 Å². The van der Waals surface area contributed by atoms with Crippen LogP contribution in [-0.2, 0) is 35.2 Å². The Hall–Kier alpha value is -2.37. The predicted octanol–water partition coefficient (Wildman–Crippen LogP) is 1.61. The van der Waals surface area contributed by atoms with Gasteiger partial charge in [-0.05, 0) is 19.4 Å². The fourth-order valence-corrected chi connectivity index (χ4v) is 1.46. The normalized spacial score (nSPS) is 12.9. The summed E-state index contributed by atoms with van der Waals surface area (Å²) in [5.74, 6) is -2.06. The van der Waals surface area contributed by atoms with Gasteiger partial charge in [0.1, 0.15) is 6.61 Å². The first-order chi connectivity index (χ1) is 9.90. The topological polar surface area (TPSA) is 78.9 Å². The van der Waals surface area contributed by atoms with Crippen LogP contribution < -0.4 is 0 Å². The summed E-state index contributed by atoms with van der Waals surface area (Å²) in [6, 6.07) is 9.13. The number of hydrogen-bond acceptors (Lipinski definition) is 6. The van der Waals surface area contributed by atoms with Gasteiger partial charge in [0.2, 0.25) is 0 Å². The van der Waals surface area contributed by atoms with Crippen LogP contribution in [-0.4, -0.2) is 30.1 Å². The summed E-state index contributed by atoms with van der Waals surface area (Å²) < 4.78 is 14.6. The van der Waals surface area contributed by atoms with Crippen molar-refractivity contribution in [2.24, 2.45) is 0 Å². The van der Waals surface area contributed by atoms with Gasteiger partial charge in [0, 0.05) is 6.92 Å². The highest BCUT2D eigenvalue weighted by atomic mass is 16.6. The first-order valence-corrected chi connectivity index (χ1v) is 6.48. The molecule has 2 unspecified atom stereocenters. The average molecular weight is 294 g/mol. The second kappa shape index (κ2) is 8.04. The summed E-state index contributed by atoms with van der Waals surface area (Å²) in [4.78, 5) is 34.0. The van der Waals surface area contributed by atoms with Crippen molar-refractivity contribution in [3.05, 3.63) is 35.9 Å². The molecule has 0 spiro atoms. The lowest BCUT2D eigenvalue weighted by molar-refractivity contribution is -0.176. The fourth-order valence-electron chi connectivity index (χ4n) is 1.46. The van der Waals surface area contributed by atoms with E-state index in [1.165, 1.54) is 20.8 Å². The first-order valence-electron chi connectivity index (χ1n) is 6.48. The number of ether oxygens (including phenoxy) is 3. The minimum Gasteiger partial charge on any atom is -0.458 e. The van der Waals surface area contributed by atoms with Crippen molar-refractivity contribution in [3.63, 3.8) is 0 Å². The molecular formula is C15H18O6. The molecule has 0 amide bonds. The van der Waals surface area contributed by atoms with Gasteiger partial charge in [-0.3, -0.25) is 4.79 Å². The quantitative estimate of drug-likeness (QED) is 0.586. The maximum Gasteiger partial charge on any atom is 0.347 e. The second-order valence-corrected chi connectivity index (χ2v) is 4.42. The molecule has 114 valence electrons. The lowest BCUT2D eigenvalue weighted by Gasteiger charge is -2.16. The van der Waals surface area contributed by atoms with Crippen LogP contribution in [0.3, 0.4) is 0 Å². The third-order valence-electron chi connectivity index (χ3n) is 2.52. The summed E-state index contributed by atoms with van der Waals surface area (Å²) in [5, 5.41) is 0. The van der Waals surface area contributed by atoms with Gasteiger partial charge >= 0.3 is 17.9 Å². The predicted molar refractivity (Wildman–Crippen MR) is 73.0 cm³/mol. The van der Waals surface area contributed by atoms with Gasteiger partial charge in [-0.2, -0.15) is 0 Å². The van der Waals surface area contributed by atoms with Gasteiger partial charge in [0.25, 0.3) is 0 Å². The summed E-state index contributed by atoms with van der Waals surface area (Å²) in [5.41, 5.74) is 0.831. The zero-order valence-corrected chi connectivity index (χ0v) is 12.2. The Morgan fingerprint density at radius 3 is 2.10 bits per heavy atom. The number of esters is 3. The van der Waals surface area contributed by atoms with Crippen molar-refractivity contribution in [3.8, 4) is 0 Å². The van der Waals surface area contributed by atoms with E-state index in [1.54, 1.807) is 0 Å². The van der Waals surface area contributed by atoms with Gasteiger partial charge in [0.05, 0.1) is 0 Å². The van der Waals surface area contributed by atoms with Crippen LogP contribution in [0.4, 0.5) is 0 Å². The lowest BCUT2D eigenvalue weighted by atomic mass is 10.2. The van der Waals surface area contributed by atoms with Crippen LogP contribution in [0.2, 0.25) is 0 Å². The molecule has 0 aromatic heterocycles. The molecule has 21 heavy (non-hydrogen) atoms. The minimum absolute atomic E-state index is 0.0983. The van der Waals surface area contributed by atoms with Crippen molar-refractivity contribution in [2.75, 3.05) is 0 Å². The van der Waals surface area contributed by atoms with Crippen molar-refractivity contribution < 1.29 is 28.6 Å². The smallest absolute Gasteiger partial charge is 0.347 e. The van der Waals surface area contributed by atoms with Crippen LogP contribution in [0.5, 0.6) is 0 Å². The third kappa shape index (κ3) is 6.07. The van der Waals surface area contributed by atoms with Crippen LogP contribution in [0.1, 0.15) is 26.3 Å². The standard InChI is InChI=1S/C15H18O6/c1-10(21-15(18)11(2)20-12(3)16)14(17)19-9-13-7-5-4-6-8-13/h4-8,10-11H,9H2,1-3H3. The van der Waals surface area contributed by atoms with E-state index in [9.17, 15) is 14.4 Å². The Balaban J connectivity index is 2.40. The zero-order valence-electron chi connectivity index (χ0n) is 12.2. The number of carbonyl (C=O) groups excluding carboxylic acids is 3. The van der Waals surface area contributed by atoms with Crippen molar-refractivity contribution >= 4 is 17.9 Å². The molecule has 0 aliphatic carbocycles. The number of carbonyl (C=O) groups is 3. The highest BCUT2D eigenvalue weighted by molar-refractivity contribution is 5.82. The molecule has 0 saturated heterocycles. The van der Waals surface area contributed by atoms with Crippen molar-refractivity contribution in [1.29, 1.82) is 0 Å². The SMILES string of the molecule is CC(=O)OC(C)C(=O)OC(C)C(=O)OCc1ccccc1. The Morgan fingerprint density at radius 2 is 1.52 bits per heavy atom. The van der Waals surface area contributed by atoms with E-state index in [4.69, 9.17) is 9.47 Å². The van der Waals surface area contributed by atoms with Crippen LogP contribution in [0.15, 0.2) is 30.3 Å². The van der Waals surface area contributed by atoms with Gasteiger partial charge in [-0.15, -0.1) is 0 Å². The molecule has 0 radical (unpaired) electrons. The average Bonchev–Trinajstić information content (AvgIpc) is 2.44. The molecule has 1 rings (SSSR count). The molecule has 6 heteroatoms. The Bertz CT molecular complexity index is 496. The molecule has 1 aromatic rings. The Morgan fingerprint density at radius 1 is 0.952 bits per heavy atom. The molecule has 6 nitrogen and oxygen atoms in total. The highest BCUT2D eigenvalue weighted by Gasteiger charge is 2.24. The molecule has 2 atom stereocenters. The van der Waals surface area contributed by atoms with Gasteiger partial charge in [-0.1, -0.05) is 30.3 Å². The van der Waals surface area contributed by atoms with E-state index in [0.29, 0.717) is 0 Å². The Labute approximate surface area is 123 Å². The summed E-state index contributed by atoms with van der Waals surface area (Å²) in [6.07, 6.45) is -2.13. The molecule has 0 aliphatic heterocycles. The largest absolute Gasteiger partial charge is 0.458 e.